The highest BCUT2D eigenvalue weighted by atomic mass is 19.1. The van der Waals surface area contributed by atoms with Crippen molar-refractivity contribution in [1.82, 2.24) is 0 Å². The van der Waals surface area contributed by atoms with E-state index in [-0.39, 0.29) is 5.82 Å². The minimum atomic E-state index is -1.13. The van der Waals surface area contributed by atoms with Crippen LogP contribution in [0.15, 0.2) is 30.5 Å². The minimum Gasteiger partial charge on any atom is -0.502 e. The molecule has 0 aliphatic heterocycles. The number of rotatable bonds is 7. The Bertz CT molecular complexity index is 439. The van der Waals surface area contributed by atoms with Crippen LogP contribution in [0.5, 0.6) is 0 Å². The lowest BCUT2D eigenvalue weighted by molar-refractivity contribution is -0.222. The van der Waals surface area contributed by atoms with Gasteiger partial charge in [-0.15, -0.1) is 0 Å². The summed E-state index contributed by atoms with van der Waals surface area (Å²) < 4.78 is 29.9. The van der Waals surface area contributed by atoms with Crippen molar-refractivity contribution in [1.29, 1.82) is 0 Å². The number of hydrogen-bond acceptors (Lipinski definition) is 3. The molecule has 0 heterocycles. The minimum absolute atomic E-state index is 0.350. The largest absolute Gasteiger partial charge is 0.502 e. The van der Waals surface area contributed by atoms with Crippen molar-refractivity contribution in [2.45, 2.75) is 25.6 Å². The molecule has 0 aliphatic carbocycles. The van der Waals surface area contributed by atoms with Crippen molar-refractivity contribution in [2.24, 2.45) is 0 Å². The molecular weight excluding hydrogens is 247 g/mol. The first kappa shape index (κ1) is 15.7. The molecule has 0 atom stereocenters. The summed E-state index contributed by atoms with van der Waals surface area (Å²) in [7, 11) is 4.55. The molecule has 1 aromatic carbocycles. The van der Waals surface area contributed by atoms with Gasteiger partial charge in [-0.25, -0.2) is 4.39 Å². The average molecular weight is 268 g/mol. The summed E-state index contributed by atoms with van der Waals surface area (Å²) in [6.07, 6.45) is 0.943. The molecular formula is C15H21FO3. The maximum atomic E-state index is 14.0. The van der Waals surface area contributed by atoms with Gasteiger partial charge in [-0.2, -0.15) is 0 Å². The first-order valence-corrected chi connectivity index (χ1v) is 6.07. The predicted molar refractivity (Wildman–Crippen MR) is 72.2 cm³/mol. The van der Waals surface area contributed by atoms with Crippen LogP contribution in [-0.2, 0) is 20.0 Å². The molecule has 19 heavy (non-hydrogen) atoms. The Balaban J connectivity index is 3.10. The number of aryl methyl sites for hydroxylation is 1. The van der Waals surface area contributed by atoms with Crippen molar-refractivity contribution in [3.05, 3.63) is 47.5 Å². The zero-order valence-corrected chi connectivity index (χ0v) is 12.0. The van der Waals surface area contributed by atoms with Crippen LogP contribution in [-0.4, -0.2) is 21.3 Å². The van der Waals surface area contributed by atoms with Crippen LogP contribution in [0.25, 0.3) is 0 Å². The van der Waals surface area contributed by atoms with Crippen molar-refractivity contribution in [2.75, 3.05) is 21.3 Å². The number of halogens is 1. The lowest BCUT2D eigenvalue weighted by atomic mass is 9.97. The summed E-state index contributed by atoms with van der Waals surface area (Å²) in [4.78, 5) is 0. The van der Waals surface area contributed by atoms with Gasteiger partial charge in [0.25, 0.3) is 0 Å². The number of ether oxygens (including phenoxy) is 3. The van der Waals surface area contributed by atoms with Crippen LogP contribution in [0.1, 0.15) is 24.0 Å². The maximum Gasteiger partial charge on any atom is 0.197 e. The first-order valence-electron chi connectivity index (χ1n) is 6.07. The molecule has 0 unspecified atom stereocenters. The Labute approximate surface area is 114 Å². The topological polar surface area (TPSA) is 27.7 Å². The molecule has 0 aliphatic rings. The van der Waals surface area contributed by atoms with Gasteiger partial charge in [0.2, 0.25) is 0 Å². The Morgan fingerprint density at radius 3 is 2.42 bits per heavy atom. The highest BCUT2D eigenvalue weighted by Crippen LogP contribution is 2.34. The number of benzene rings is 1. The Kier molecular flexibility index (Phi) is 5.51. The van der Waals surface area contributed by atoms with Gasteiger partial charge in [-0.3, -0.25) is 0 Å². The quantitative estimate of drug-likeness (QED) is 0.559. The van der Waals surface area contributed by atoms with Gasteiger partial charge >= 0.3 is 0 Å². The molecule has 0 fully saturated rings. The summed E-state index contributed by atoms with van der Waals surface area (Å²) in [6, 6.07) is 4.86. The second-order valence-corrected chi connectivity index (χ2v) is 4.39. The van der Waals surface area contributed by atoms with Crippen LogP contribution in [0.2, 0.25) is 0 Å². The summed E-state index contributed by atoms with van der Waals surface area (Å²) in [5.41, 5.74) is 1.34. The van der Waals surface area contributed by atoms with Gasteiger partial charge in [0.15, 0.2) is 5.79 Å². The van der Waals surface area contributed by atoms with Gasteiger partial charge in [-0.05, 0) is 19.1 Å². The van der Waals surface area contributed by atoms with Crippen molar-refractivity contribution in [3.63, 3.8) is 0 Å². The van der Waals surface area contributed by atoms with E-state index < -0.39 is 5.79 Å². The molecule has 0 aromatic heterocycles. The van der Waals surface area contributed by atoms with E-state index in [4.69, 9.17) is 14.2 Å². The zero-order valence-electron chi connectivity index (χ0n) is 12.0. The normalized spacial score (nSPS) is 11.4. The number of methoxy groups -OCH3 is 3. The van der Waals surface area contributed by atoms with Crippen LogP contribution in [0, 0.1) is 12.7 Å². The lowest BCUT2D eigenvalue weighted by Gasteiger charge is -2.32. The molecule has 1 aromatic rings. The number of allylic oxidation sites excluding steroid dienone is 1. The molecule has 0 N–H and O–H groups in total. The fourth-order valence-electron chi connectivity index (χ4n) is 1.98. The standard InChI is InChI=1S/C15H21FO3/c1-11-6-7-14(16)13(10-11)15(18-4,19-5)9-8-12(2)17-3/h6-7,10H,2,8-9H2,1,3-5H3. The van der Waals surface area contributed by atoms with E-state index in [1.807, 2.05) is 6.92 Å². The fourth-order valence-corrected chi connectivity index (χ4v) is 1.98. The van der Waals surface area contributed by atoms with E-state index in [9.17, 15) is 4.39 Å². The molecule has 4 heteroatoms. The molecule has 0 amide bonds. The monoisotopic (exact) mass is 268 g/mol. The second kappa shape index (κ2) is 6.68. The molecule has 3 nitrogen and oxygen atoms in total. The third-order valence-electron chi connectivity index (χ3n) is 3.21. The van der Waals surface area contributed by atoms with Gasteiger partial charge in [0, 0.05) is 32.6 Å². The third-order valence-corrected chi connectivity index (χ3v) is 3.21. The fraction of sp³-hybridized carbons (Fsp3) is 0.467. The van der Waals surface area contributed by atoms with Crippen LogP contribution >= 0.6 is 0 Å². The molecule has 0 radical (unpaired) electrons. The smallest absolute Gasteiger partial charge is 0.197 e. The summed E-state index contributed by atoms with van der Waals surface area (Å²) in [5, 5.41) is 0. The summed E-state index contributed by atoms with van der Waals surface area (Å²) >= 11 is 0. The van der Waals surface area contributed by atoms with Crippen molar-refractivity contribution >= 4 is 0 Å². The number of hydrogen-bond donors (Lipinski definition) is 0. The Morgan fingerprint density at radius 2 is 1.89 bits per heavy atom. The molecule has 1 rings (SSSR count). The molecule has 106 valence electrons. The van der Waals surface area contributed by atoms with E-state index in [2.05, 4.69) is 6.58 Å². The van der Waals surface area contributed by atoms with Gasteiger partial charge < -0.3 is 14.2 Å². The van der Waals surface area contributed by atoms with E-state index in [0.717, 1.165) is 5.56 Å². The molecule has 0 bridgehead atoms. The van der Waals surface area contributed by atoms with E-state index >= 15 is 0 Å². The zero-order chi connectivity index (χ0) is 14.5. The summed E-state index contributed by atoms with van der Waals surface area (Å²) in [5.74, 6) is -0.874. The third kappa shape index (κ3) is 3.55. The van der Waals surface area contributed by atoms with Crippen LogP contribution in [0.4, 0.5) is 4.39 Å². The molecule has 0 saturated carbocycles. The Hall–Kier alpha value is -1.39. The van der Waals surface area contributed by atoms with Crippen LogP contribution in [0.3, 0.4) is 0 Å². The van der Waals surface area contributed by atoms with Crippen molar-refractivity contribution < 1.29 is 18.6 Å². The highest BCUT2D eigenvalue weighted by molar-refractivity contribution is 5.28. The van der Waals surface area contributed by atoms with E-state index in [0.29, 0.717) is 24.2 Å². The maximum absolute atomic E-state index is 14.0. The SMILES string of the molecule is C=C(CCC(OC)(OC)c1cc(C)ccc1F)OC. The second-order valence-electron chi connectivity index (χ2n) is 4.39. The van der Waals surface area contributed by atoms with Gasteiger partial charge in [0.05, 0.1) is 12.9 Å². The predicted octanol–water partition coefficient (Wildman–Crippen LogP) is 3.52. The molecule has 0 saturated heterocycles. The summed E-state index contributed by atoms with van der Waals surface area (Å²) in [6.45, 7) is 5.65. The van der Waals surface area contributed by atoms with E-state index in [1.54, 1.807) is 19.2 Å². The molecule has 0 spiro atoms. The Morgan fingerprint density at radius 1 is 1.26 bits per heavy atom. The average Bonchev–Trinajstić information content (AvgIpc) is 2.43. The van der Waals surface area contributed by atoms with Crippen molar-refractivity contribution in [3.8, 4) is 0 Å². The van der Waals surface area contributed by atoms with E-state index in [1.165, 1.54) is 20.3 Å². The first-order chi connectivity index (χ1) is 8.99. The lowest BCUT2D eigenvalue weighted by Crippen LogP contribution is -2.32. The van der Waals surface area contributed by atoms with Gasteiger partial charge in [-0.1, -0.05) is 18.2 Å². The highest BCUT2D eigenvalue weighted by Gasteiger charge is 2.34. The van der Waals surface area contributed by atoms with Crippen LogP contribution < -0.4 is 0 Å². The van der Waals surface area contributed by atoms with Gasteiger partial charge in [0.1, 0.15) is 5.82 Å².